The van der Waals surface area contributed by atoms with Crippen molar-refractivity contribution in [2.45, 2.75) is 18.9 Å². The number of amides is 1. The Morgan fingerprint density at radius 2 is 2.20 bits per heavy atom. The molecule has 1 aromatic carbocycles. The Balaban J connectivity index is 2.11. The van der Waals surface area contributed by atoms with Crippen molar-refractivity contribution in [1.82, 2.24) is 0 Å². The van der Waals surface area contributed by atoms with Crippen LogP contribution in [-0.2, 0) is 21.1 Å². The number of carbonyl (C=O) groups excluding carboxylic acids is 1. The smallest absolute Gasteiger partial charge is 0.243 e. The number of sulfone groups is 1. The molecule has 1 amide bonds. The van der Waals surface area contributed by atoms with E-state index in [9.17, 15) is 13.2 Å². The zero-order chi connectivity index (χ0) is 14.9. The largest absolute Gasteiger partial charge is 0.320 e. The fourth-order valence-corrected chi connectivity index (χ4v) is 3.52. The highest BCUT2D eigenvalue weighted by atomic mass is 79.9. The summed E-state index contributed by atoms with van der Waals surface area (Å²) >= 11 is 3.47. The summed E-state index contributed by atoms with van der Waals surface area (Å²) in [6.07, 6.45) is 2.07. The fourth-order valence-electron chi connectivity index (χ4n) is 2.29. The van der Waals surface area contributed by atoms with E-state index in [0.29, 0.717) is 6.54 Å². The van der Waals surface area contributed by atoms with E-state index in [2.05, 4.69) is 15.9 Å². The first-order valence-electron chi connectivity index (χ1n) is 6.31. The summed E-state index contributed by atoms with van der Waals surface area (Å²) in [7, 11) is -3.10. The summed E-state index contributed by atoms with van der Waals surface area (Å²) in [6.45, 7) is 0.587. The summed E-state index contributed by atoms with van der Waals surface area (Å²) in [6, 6.07) is 4.91. The highest BCUT2D eigenvalue weighted by Gasteiger charge is 2.29. The molecule has 1 heterocycles. The molecular weight excluding hydrogens is 344 g/mol. The lowest BCUT2D eigenvalue weighted by molar-refractivity contribution is -0.119. The van der Waals surface area contributed by atoms with Crippen molar-refractivity contribution < 1.29 is 13.2 Å². The first-order valence-corrected chi connectivity index (χ1v) is 9.17. The lowest BCUT2D eigenvalue weighted by Gasteiger charge is -2.21. The molecule has 0 fully saturated rings. The van der Waals surface area contributed by atoms with Crippen LogP contribution >= 0.6 is 15.9 Å². The van der Waals surface area contributed by atoms with Gasteiger partial charge in [-0.25, -0.2) is 8.42 Å². The number of halogens is 1. The number of carbonyl (C=O) groups is 1. The first kappa shape index (κ1) is 15.5. The van der Waals surface area contributed by atoms with Crippen LogP contribution in [0.3, 0.4) is 0 Å². The van der Waals surface area contributed by atoms with Gasteiger partial charge in [0, 0.05) is 23.0 Å². The van der Waals surface area contributed by atoms with Crippen LogP contribution in [0.1, 0.15) is 12.0 Å². The quantitative estimate of drug-likeness (QED) is 0.871. The molecule has 5 nitrogen and oxygen atoms in total. The number of hydrogen-bond acceptors (Lipinski definition) is 4. The van der Waals surface area contributed by atoms with Crippen molar-refractivity contribution >= 4 is 37.4 Å². The molecule has 0 unspecified atom stereocenters. The van der Waals surface area contributed by atoms with E-state index < -0.39 is 15.9 Å². The molecule has 0 aromatic heterocycles. The van der Waals surface area contributed by atoms with Gasteiger partial charge in [-0.15, -0.1) is 0 Å². The second-order valence-electron chi connectivity index (χ2n) is 5.00. The van der Waals surface area contributed by atoms with Crippen molar-refractivity contribution in [2.75, 3.05) is 23.5 Å². The molecule has 0 saturated heterocycles. The van der Waals surface area contributed by atoms with E-state index in [1.807, 2.05) is 18.2 Å². The Hall–Kier alpha value is -0.920. The van der Waals surface area contributed by atoms with E-state index in [1.54, 1.807) is 4.90 Å². The Labute approximate surface area is 127 Å². The maximum atomic E-state index is 12.3. The van der Waals surface area contributed by atoms with E-state index in [0.717, 1.165) is 28.4 Å². The minimum absolute atomic E-state index is 0.0703. The maximum absolute atomic E-state index is 12.3. The van der Waals surface area contributed by atoms with Crippen LogP contribution in [0.5, 0.6) is 0 Å². The van der Waals surface area contributed by atoms with E-state index in [-0.39, 0.29) is 18.1 Å². The number of rotatable bonds is 4. The molecule has 0 bridgehead atoms. The number of nitrogens with zero attached hydrogens (tertiary/aromatic N) is 1. The molecule has 110 valence electrons. The van der Waals surface area contributed by atoms with Gasteiger partial charge in [0.05, 0.1) is 11.8 Å². The van der Waals surface area contributed by atoms with Gasteiger partial charge in [0.25, 0.3) is 0 Å². The van der Waals surface area contributed by atoms with Crippen LogP contribution < -0.4 is 10.6 Å². The highest BCUT2D eigenvalue weighted by Crippen LogP contribution is 2.33. The molecule has 1 atom stereocenters. The molecule has 0 aliphatic carbocycles. The molecule has 2 rings (SSSR count). The number of nitrogens with two attached hydrogens (primary N) is 1. The highest BCUT2D eigenvalue weighted by molar-refractivity contribution is 9.10. The van der Waals surface area contributed by atoms with Crippen LogP contribution in [0.4, 0.5) is 5.69 Å². The second-order valence-corrected chi connectivity index (χ2v) is 8.12. The Kier molecular flexibility index (Phi) is 4.51. The maximum Gasteiger partial charge on any atom is 0.243 e. The number of anilines is 1. The molecule has 0 saturated carbocycles. The third-order valence-electron chi connectivity index (χ3n) is 3.35. The first-order chi connectivity index (χ1) is 9.29. The molecule has 1 aromatic rings. The van der Waals surface area contributed by atoms with Gasteiger partial charge in [-0.2, -0.15) is 0 Å². The van der Waals surface area contributed by atoms with Crippen LogP contribution in [0.25, 0.3) is 0 Å². The summed E-state index contributed by atoms with van der Waals surface area (Å²) in [5, 5.41) is 0. The summed E-state index contributed by atoms with van der Waals surface area (Å²) in [5.41, 5.74) is 7.79. The molecular formula is C13H17BrN2O3S. The zero-order valence-electron chi connectivity index (χ0n) is 11.2. The van der Waals surface area contributed by atoms with E-state index in [1.165, 1.54) is 0 Å². The van der Waals surface area contributed by atoms with Gasteiger partial charge in [-0.05, 0) is 30.5 Å². The van der Waals surface area contributed by atoms with Crippen LogP contribution in [0, 0.1) is 0 Å². The Morgan fingerprint density at radius 3 is 2.85 bits per heavy atom. The molecule has 7 heteroatoms. The standard InChI is InChI=1S/C13H17BrN2O3S/c1-20(18,19)8-6-11(15)13(17)16-7-5-9-10(14)3-2-4-12(9)16/h2-4,11H,5-8,15H2,1H3/t11-/m1/s1. The molecule has 0 radical (unpaired) electrons. The lowest BCUT2D eigenvalue weighted by atomic mass is 10.1. The van der Waals surface area contributed by atoms with Gasteiger partial charge in [-0.1, -0.05) is 22.0 Å². The molecule has 0 spiro atoms. The summed E-state index contributed by atoms with van der Waals surface area (Å²) in [4.78, 5) is 14.0. The monoisotopic (exact) mass is 360 g/mol. The zero-order valence-corrected chi connectivity index (χ0v) is 13.6. The Bertz CT molecular complexity index is 631. The molecule has 20 heavy (non-hydrogen) atoms. The van der Waals surface area contributed by atoms with Crippen LogP contribution in [-0.4, -0.2) is 38.9 Å². The van der Waals surface area contributed by atoms with E-state index in [4.69, 9.17) is 5.73 Å². The van der Waals surface area contributed by atoms with Crippen molar-refractivity contribution in [1.29, 1.82) is 0 Å². The van der Waals surface area contributed by atoms with Crippen molar-refractivity contribution in [2.24, 2.45) is 5.73 Å². The predicted molar refractivity (Wildman–Crippen MR) is 82.5 cm³/mol. The van der Waals surface area contributed by atoms with Crippen molar-refractivity contribution in [3.8, 4) is 0 Å². The SMILES string of the molecule is CS(=O)(=O)CC[C@@H](N)C(=O)N1CCc2c(Br)cccc21. The van der Waals surface area contributed by atoms with Crippen LogP contribution in [0.15, 0.2) is 22.7 Å². The second kappa shape index (κ2) is 5.83. The fraction of sp³-hybridized carbons (Fsp3) is 0.462. The van der Waals surface area contributed by atoms with Gasteiger partial charge in [-0.3, -0.25) is 4.79 Å². The third kappa shape index (κ3) is 3.39. The van der Waals surface area contributed by atoms with Gasteiger partial charge < -0.3 is 10.6 Å². The summed E-state index contributed by atoms with van der Waals surface area (Å²) in [5.74, 6) is -0.287. The van der Waals surface area contributed by atoms with Gasteiger partial charge in [0.15, 0.2) is 0 Å². The normalized spacial score (nSPS) is 16.1. The van der Waals surface area contributed by atoms with E-state index >= 15 is 0 Å². The van der Waals surface area contributed by atoms with Gasteiger partial charge in [0.2, 0.25) is 5.91 Å². The average Bonchev–Trinajstić information content (AvgIpc) is 2.79. The lowest BCUT2D eigenvalue weighted by Crippen LogP contribution is -2.44. The minimum Gasteiger partial charge on any atom is -0.320 e. The van der Waals surface area contributed by atoms with Crippen LogP contribution in [0.2, 0.25) is 0 Å². The number of benzene rings is 1. The number of hydrogen-bond donors (Lipinski definition) is 1. The molecule has 1 aliphatic rings. The van der Waals surface area contributed by atoms with Gasteiger partial charge in [0.1, 0.15) is 9.84 Å². The molecule has 2 N–H and O–H groups in total. The summed E-state index contributed by atoms with van der Waals surface area (Å²) < 4.78 is 23.3. The number of fused-ring (bicyclic) bond motifs is 1. The Morgan fingerprint density at radius 1 is 1.50 bits per heavy atom. The third-order valence-corrected chi connectivity index (χ3v) is 5.07. The average molecular weight is 361 g/mol. The van der Waals surface area contributed by atoms with Crippen molar-refractivity contribution in [3.05, 3.63) is 28.2 Å². The van der Waals surface area contributed by atoms with Crippen molar-refractivity contribution in [3.63, 3.8) is 0 Å². The minimum atomic E-state index is -3.10. The molecule has 1 aliphatic heterocycles. The van der Waals surface area contributed by atoms with Gasteiger partial charge >= 0.3 is 0 Å². The topological polar surface area (TPSA) is 80.5 Å². The predicted octanol–water partition coefficient (Wildman–Crippen LogP) is 1.10.